The van der Waals surface area contributed by atoms with Crippen molar-refractivity contribution in [1.82, 2.24) is 5.32 Å². The number of carbonyl (C=O) groups is 2. The fourth-order valence-electron chi connectivity index (χ4n) is 3.47. The standard InChI is InChI=1S/C23H28N2O2/c1-3-18-13-7-9-16(2)21(18)25-23(27)20-15-19(20)22(26)24-14-8-12-17-10-5-4-6-11-17/h4-7,9-11,13,19-20H,3,8,12,14-15H2,1-2H3,(H,24,26)(H,25,27). The Morgan fingerprint density at radius 1 is 1.00 bits per heavy atom. The van der Waals surface area contributed by atoms with Crippen LogP contribution in [0.4, 0.5) is 5.69 Å². The van der Waals surface area contributed by atoms with Crippen LogP contribution in [0, 0.1) is 18.8 Å². The molecule has 0 heterocycles. The minimum atomic E-state index is -0.205. The van der Waals surface area contributed by atoms with Gasteiger partial charge in [-0.1, -0.05) is 55.5 Å². The molecule has 2 amide bonds. The van der Waals surface area contributed by atoms with E-state index in [1.54, 1.807) is 0 Å². The van der Waals surface area contributed by atoms with Gasteiger partial charge in [0.1, 0.15) is 0 Å². The van der Waals surface area contributed by atoms with E-state index in [1.165, 1.54) is 5.56 Å². The van der Waals surface area contributed by atoms with Crippen LogP contribution in [0.25, 0.3) is 0 Å². The number of anilines is 1. The molecular formula is C23H28N2O2. The highest BCUT2D eigenvalue weighted by Gasteiger charge is 2.48. The molecule has 0 bridgehead atoms. The highest BCUT2D eigenvalue weighted by Crippen LogP contribution is 2.40. The van der Waals surface area contributed by atoms with Crippen molar-refractivity contribution in [2.45, 2.75) is 39.5 Å². The smallest absolute Gasteiger partial charge is 0.228 e. The first-order valence-corrected chi connectivity index (χ1v) is 9.81. The Balaban J connectivity index is 1.43. The summed E-state index contributed by atoms with van der Waals surface area (Å²) in [5.74, 6) is -0.425. The van der Waals surface area contributed by atoms with Crippen LogP contribution in [0.3, 0.4) is 0 Å². The zero-order chi connectivity index (χ0) is 19.2. The molecule has 2 N–H and O–H groups in total. The minimum absolute atomic E-state index is 0.00344. The predicted octanol–water partition coefficient (Wildman–Crippen LogP) is 3.88. The number of carbonyl (C=O) groups excluding carboxylic acids is 2. The molecule has 0 spiro atoms. The maximum atomic E-state index is 12.5. The number of aryl methyl sites for hydroxylation is 3. The summed E-state index contributed by atoms with van der Waals surface area (Å²) in [5, 5.41) is 6.02. The van der Waals surface area contributed by atoms with E-state index in [4.69, 9.17) is 0 Å². The van der Waals surface area contributed by atoms with E-state index in [9.17, 15) is 9.59 Å². The SMILES string of the molecule is CCc1cccc(C)c1NC(=O)C1CC1C(=O)NCCCc1ccccc1. The van der Waals surface area contributed by atoms with E-state index >= 15 is 0 Å². The van der Waals surface area contributed by atoms with Crippen LogP contribution >= 0.6 is 0 Å². The quantitative estimate of drug-likeness (QED) is 0.699. The summed E-state index contributed by atoms with van der Waals surface area (Å²) in [4.78, 5) is 24.8. The molecular weight excluding hydrogens is 336 g/mol. The molecule has 0 aliphatic heterocycles. The summed E-state index contributed by atoms with van der Waals surface area (Å²) in [6, 6.07) is 16.3. The molecule has 0 saturated heterocycles. The van der Waals surface area contributed by atoms with Gasteiger partial charge in [0.2, 0.25) is 11.8 Å². The Morgan fingerprint density at radius 3 is 2.48 bits per heavy atom. The van der Waals surface area contributed by atoms with Gasteiger partial charge in [0.15, 0.2) is 0 Å². The number of para-hydroxylation sites is 1. The van der Waals surface area contributed by atoms with Crippen LogP contribution in [-0.4, -0.2) is 18.4 Å². The van der Waals surface area contributed by atoms with E-state index in [1.807, 2.05) is 43.3 Å². The monoisotopic (exact) mass is 364 g/mol. The summed E-state index contributed by atoms with van der Waals surface area (Å²) >= 11 is 0. The van der Waals surface area contributed by atoms with Crippen LogP contribution < -0.4 is 10.6 Å². The van der Waals surface area contributed by atoms with Gasteiger partial charge in [0.05, 0.1) is 11.8 Å². The fraction of sp³-hybridized carbons (Fsp3) is 0.391. The highest BCUT2D eigenvalue weighted by atomic mass is 16.2. The molecule has 3 rings (SSSR count). The Morgan fingerprint density at radius 2 is 1.74 bits per heavy atom. The topological polar surface area (TPSA) is 58.2 Å². The lowest BCUT2D eigenvalue weighted by Gasteiger charge is -2.13. The number of hydrogen-bond donors (Lipinski definition) is 2. The number of nitrogens with one attached hydrogen (secondary N) is 2. The third kappa shape index (κ3) is 4.97. The second-order valence-electron chi connectivity index (χ2n) is 7.28. The van der Waals surface area contributed by atoms with Gasteiger partial charge in [0.25, 0.3) is 0 Å². The average molecular weight is 364 g/mol. The number of benzene rings is 2. The Bertz CT molecular complexity index is 801. The largest absolute Gasteiger partial charge is 0.356 e. The van der Waals surface area contributed by atoms with Gasteiger partial charge >= 0.3 is 0 Å². The molecule has 1 aliphatic rings. The molecule has 1 fully saturated rings. The van der Waals surface area contributed by atoms with Crippen LogP contribution in [0.15, 0.2) is 48.5 Å². The first-order valence-electron chi connectivity index (χ1n) is 9.81. The molecule has 142 valence electrons. The van der Waals surface area contributed by atoms with Crippen LogP contribution in [0.2, 0.25) is 0 Å². The second kappa shape index (κ2) is 8.85. The molecule has 0 radical (unpaired) electrons. The zero-order valence-electron chi connectivity index (χ0n) is 16.1. The van der Waals surface area contributed by atoms with Crippen molar-refractivity contribution >= 4 is 17.5 Å². The molecule has 0 aromatic heterocycles. The predicted molar refractivity (Wildman–Crippen MR) is 109 cm³/mol. The molecule has 1 saturated carbocycles. The van der Waals surface area contributed by atoms with Crippen molar-refractivity contribution in [1.29, 1.82) is 0 Å². The summed E-state index contributed by atoms with van der Waals surface area (Å²) in [6.45, 7) is 4.72. The summed E-state index contributed by atoms with van der Waals surface area (Å²) < 4.78 is 0. The minimum Gasteiger partial charge on any atom is -0.356 e. The zero-order valence-corrected chi connectivity index (χ0v) is 16.1. The van der Waals surface area contributed by atoms with Gasteiger partial charge in [-0.3, -0.25) is 9.59 Å². The Kier molecular flexibility index (Phi) is 6.28. The van der Waals surface area contributed by atoms with E-state index in [0.717, 1.165) is 36.1 Å². The maximum absolute atomic E-state index is 12.5. The molecule has 4 heteroatoms. The van der Waals surface area contributed by atoms with E-state index in [2.05, 4.69) is 29.7 Å². The highest BCUT2D eigenvalue weighted by molar-refractivity contribution is 6.00. The first-order chi connectivity index (χ1) is 13.1. The molecule has 2 aromatic carbocycles. The third-order valence-electron chi connectivity index (χ3n) is 5.24. The Hall–Kier alpha value is -2.62. The number of amides is 2. The second-order valence-corrected chi connectivity index (χ2v) is 7.28. The lowest BCUT2D eigenvalue weighted by atomic mass is 10.1. The van der Waals surface area contributed by atoms with Crippen LogP contribution in [0.5, 0.6) is 0 Å². The lowest BCUT2D eigenvalue weighted by Crippen LogP contribution is -2.28. The van der Waals surface area contributed by atoms with Gasteiger partial charge < -0.3 is 10.6 Å². The van der Waals surface area contributed by atoms with Crippen molar-refractivity contribution in [3.8, 4) is 0 Å². The lowest BCUT2D eigenvalue weighted by molar-refractivity contribution is -0.125. The fourth-order valence-corrected chi connectivity index (χ4v) is 3.47. The Labute approximate surface area is 161 Å². The maximum Gasteiger partial charge on any atom is 0.228 e. The number of hydrogen-bond acceptors (Lipinski definition) is 2. The van der Waals surface area contributed by atoms with Gasteiger partial charge in [-0.15, -0.1) is 0 Å². The average Bonchev–Trinajstić information content (AvgIpc) is 3.48. The first kappa shape index (κ1) is 19.2. The van der Waals surface area contributed by atoms with Gasteiger partial charge in [0, 0.05) is 12.2 Å². The summed E-state index contributed by atoms with van der Waals surface area (Å²) in [7, 11) is 0. The molecule has 4 nitrogen and oxygen atoms in total. The summed E-state index contributed by atoms with van der Waals surface area (Å²) in [5.41, 5.74) is 4.37. The van der Waals surface area contributed by atoms with Crippen molar-refractivity contribution in [3.63, 3.8) is 0 Å². The van der Waals surface area contributed by atoms with E-state index in [0.29, 0.717) is 13.0 Å². The van der Waals surface area contributed by atoms with Crippen molar-refractivity contribution in [2.75, 3.05) is 11.9 Å². The normalized spacial score (nSPS) is 18.0. The van der Waals surface area contributed by atoms with Gasteiger partial charge in [-0.25, -0.2) is 0 Å². The third-order valence-corrected chi connectivity index (χ3v) is 5.24. The van der Waals surface area contributed by atoms with Crippen LogP contribution in [0.1, 0.15) is 36.5 Å². The molecule has 2 atom stereocenters. The van der Waals surface area contributed by atoms with E-state index < -0.39 is 0 Å². The molecule has 2 unspecified atom stereocenters. The number of rotatable bonds is 8. The molecule has 2 aromatic rings. The van der Waals surface area contributed by atoms with Crippen molar-refractivity contribution in [3.05, 3.63) is 65.2 Å². The van der Waals surface area contributed by atoms with Crippen molar-refractivity contribution in [2.24, 2.45) is 11.8 Å². The van der Waals surface area contributed by atoms with E-state index in [-0.39, 0.29) is 23.7 Å². The summed E-state index contributed by atoms with van der Waals surface area (Å²) in [6.07, 6.45) is 3.36. The van der Waals surface area contributed by atoms with Crippen LogP contribution in [-0.2, 0) is 22.4 Å². The van der Waals surface area contributed by atoms with Gasteiger partial charge in [-0.05, 0) is 49.3 Å². The van der Waals surface area contributed by atoms with Crippen molar-refractivity contribution < 1.29 is 9.59 Å². The molecule has 27 heavy (non-hydrogen) atoms. The molecule has 1 aliphatic carbocycles. The van der Waals surface area contributed by atoms with Gasteiger partial charge in [-0.2, -0.15) is 0 Å².